The molecule has 122 valence electrons. The largest absolute Gasteiger partial charge is 0.354 e. The molecule has 1 aliphatic heterocycles. The fourth-order valence-electron chi connectivity index (χ4n) is 2.56. The van der Waals surface area contributed by atoms with Crippen LogP contribution in [0.25, 0.3) is 0 Å². The van der Waals surface area contributed by atoms with Crippen molar-refractivity contribution in [3.63, 3.8) is 0 Å². The smallest absolute Gasteiger partial charge is 0.262 e. The number of benzene rings is 1. The van der Waals surface area contributed by atoms with Gasteiger partial charge in [-0.3, -0.25) is 10.1 Å². The number of alkyl halides is 2. The van der Waals surface area contributed by atoms with E-state index in [1.807, 2.05) is 0 Å². The molecule has 1 aliphatic rings. The number of hydrogen-bond donors (Lipinski definition) is 2. The molecular weight excluding hydrogens is 317 g/mol. The molecule has 2 N–H and O–H groups in total. The molecule has 3 nitrogen and oxygen atoms in total. The standard InChI is InChI=1S/C15H18ClF3N2O/c1-14(2,12-9(16)4-3-5-10(12)17)7-21-13(22)11-6-15(18,19)8-20-11/h3-5,11,20H,6-8H2,1-2H3,(H,21,22). The van der Waals surface area contributed by atoms with Gasteiger partial charge >= 0.3 is 0 Å². The van der Waals surface area contributed by atoms with Gasteiger partial charge in [0.05, 0.1) is 12.6 Å². The van der Waals surface area contributed by atoms with Crippen molar-refractivity contribution < 1.29 is 18.0 Å². The summed E-state index contributed by atoms with van der Waals surface area (Å²) in [6.45, 7) is 3.05. The second-order valence-electron chi connectivity index (χ2n) is 6.19. The number of carbonyl (C=O) groups is 1. The van der Waals surface area contributed by atoms with Gasteiger partial charge in [-0.05, 0) is 12.1 Å². The van der Waals surface area contributed by atoms with E-state index in [2.05, 4.69) is 10.6 Å². The van der Waals surface area contributed by atoms with Crippen LogP contribution in [0.4, 0.5) is 13.2 Å². The Bertz CT molecular complexity index is 558. The van der Waals surface area contributed by atoms with Crippen molar-refractivity contribution in [2.45, 2.75) is 37.6 Å². The summed E-state index contributed by atoms with van der Waals surface area (Å²) in [6.07, 6.45) is -0.528. The first-order valence-electron chi connectivity index (χ1n) is 6.96. The zero-order valence-corrected chi connectivity index (χ0v) is 13.1. The van der Waals surface area contributed by atoms with E-state index in [1.54, 1.807) is 19.9 Å². The van der Waals surface area contributed by atoms with Crippen molar-refractivity contribution in [1.82, 2.24) is 10.6 Å². The highest BCUT2D eigenvalue weighted by atomic mass is 35.5. The molecule has 0 spiro atoms. The van der Waals surface area contributed by atoms with Crippen LogP contribution in [0.1, 0.15) is 25.8 Å². The Labute approximate surface area is 132 Å². The summed E-state index contributed by atoms with van der Waals surface area (Å²) in [4.78, 5) is 11.9. The fraction of sp³-hybridized carbons (Fsp3) is 0.533. The molecule has 7 heteroatoms. The summed E-state index contributed by atoms with van der Waals surface area (Å²) in [7, 11) is 0. The van der Waals surface area contributed by atoms with Crippen LogP contribution >= 0.6 is 11.6 Å². The number of hydrogen-bond acceptors (Lipinski definition) is 2. The third kappa shape index (κ3) is 3.73. The van der Waals surface area contributed by atoms with Crippen LogP contribution in [0.2, 0.25) is 5.02 Å². The molecule has 1 heterocycles. The van der Waals surface area contributed by atoms with Gasteiger partial charge in [0, 0.05) is 29.0 Å². The van der Waals surface area contributed by atoms with Gasteiger partial charge in [-0.1, -0.05) is 31.5 Å². The molecule has 22 heavy (non-hydrogen) atoms. The van der Waals surface area contributed by atoms with Crippen LogP contribution in [0, 0.1) is 5.82 Å². The molecule has 0 bridgehead atoms. The predicted octanol–water partition coefficient (Wildman–Crippen LogP) is 2.87. The zero-order chi connectivity index (χ0) is 16.5. The van der Waals surface area contributed by atoms with E-state index in [1.165, 1.54) is 12.1 Å². The number of carbonyl (C=O) groups excluding carboxylic acids is 1. The van der Waals surface area contributed by atoms with Crippen molar-refractivity contribution in [2.75, 3.05) is 13.1 Å². The average Bonchev–Trinajstić information content (AvgIpc) is 2.76. The molecule has 0 radical (unpaired) electrons. The summed E-state index contributed by atoms with van der Waals surface area (Å²) in [5.41, 5.74) is -0.471. The predicted molar refractivity (Wildman–Crippen MR) is 78.8 cm³/mol. The Morgan fingerprint density at radius 3 is 2.73 bits per heavy atom. The summed E-state index contributed by atoms with van der Waals surface area (Å²) in [6, 6.07) is 3.44. The van der Waals surface area contributed by atoms with Gasteiger partial charge in [0.1, 0.15) is 5.82 Å². The van der Waals surface area contributed by atoms with Crippen molar-refractivity contribution in [2.24, 2.45) is 0 Å². The third-order valence-electron chi connectivity index (χ3n) is 3.77. The Balaban J connectivity index is 2.03. The molecule has 1 saturated heterocycles. The minimum Gasteiger partial charge on any atom is -0.354 e. The lowest BCUT2D eigenvalue weighted by Gasteiger charge is -2.27. The first-order chi connectivity index (χ1) is 10.1. The van der Waals surface area contributed by atoms with Crippen LogP contribution in [-0.2, 0) is 10.2 Å². The van der Waals surface area contributed by atoms with Crippen LogP contribution in [0.3, 0.4) is 0 Å². The van der Waals surface area contributed by atoms with Gasteiger partial charge in [0.25, 0.3) is 5.92 Å². The molecule has 1 fully saturated rings. The normalized spacial score (nSPS) is 20.9. The summed E-state index contributed by atoms with van der Waals surface area (Å²) in [5, 5.41) is 5.35. The van der Waals surface area contributed by atoms with Gasteiger partial charge in [0.15, 0.2) is 0 Å². The van der Waals surface area contributed by atoms with E-state index in [9.17, 15) is 18.0 Å². The lowest BCUT2D eigenvalue weighted by atomic mass is 9.84. The molecular formula is C15H18ClF3N2O. The molecule has 1 amide bonds. The molecule has 1 unspecified atom stereocenters. The first kappa shape index (κ1) is 17.1. The molecule has 2 rings (SSSR count). The van der Waals surface area contributed by atoms with E-state index in [0.29, 0.717) is 5.56 Å². The highest BCUT2D eigenvalue weighted by molar-refractivity contribution is 6.31. The van der Waals surface area contributed by atoms with Crippen molar-refractivity contribution in [1.29, 1.82) is 0 Å². The third-order valence-corrected chi connectivity index (χ3v) is 4.09. The van der Waals surface area contributed by atoms with Crippen molar-refractivity contribution >= 4 is 17.5 Å². The van der Waals surface area contributed by atoms with Gasteiger partial charge < -0.3 is 5.32 Å². The SMILES string of the molecule is CC(C)(CNC(=O)C1CC(F)(F)CN1)c1c(F)cccc1Cl. The summed E-state index contributed by atoms with van der Waals surface area (Å²) >= 11 is 6.03. The topological polar surface area (TPSA) is 41.1 Å². The van der Waals surface area contributed by atoms with Gasteiger partial charge in [-0.15, -0.1) is 0 Å². The van der Waals surface area contributed by atoms with Crippen LogP contribution < -0.4 is 10.6 Å². The lowest BCUT2D eigenvalue weighted by molar-refractivity contribution is -0.123. The van der Waals surface area contributed by atoms with Gasteiger partial charge in [-0.25, -0.2) is 13.2 Å². The molecule has 1 atom stereocenters. The highest BCUT2D eigenvalue weighted by Gasteiger charge is 2.42. The quantitative estimate of drug-likeness (QED) is 0.889. The van der Waals surface area contributed by atoms with Crippen LogP contribution in [0.5, 0.6) is 0 Å². The lowest BCUT2D eigenvalue weighted by Crippen LogP contribution is -2.45. The maximum atomic E-state index is 14.0. The van der Waals surface area contributed by atoms with Crippen LogP contribution in [-0.4, -0.2) is 31.0 Å². The van der Waals surface area contributed by atoms with Crippen molar-refractivity contribution in [3.8, 4) is 0 Å². The minimum absolute atomic E-state index is 0.0935. The average molecular weight is 335 g/mol. The number of rotatable bonds is 4. The maximum absolute atomic E-state index is 14.0. The highest BCUT2D eigenvalue weighted by Crippen LogP contribution is 2.32. The van der Waals surface area contributed by atoms with Gasteiger partial charge in [0.2, 0.25) is 5.91 Å². The fourth-order valence-corrected chi connectivity index (χ4v) is 2.98. The molecule has 1 aromatic rings. The van der Waals surface area contributed by atoms with E-state index in [-0.39, 0.29) is 11.6 Å². The zero-order valence-electron chi connectivity index (χ0n) is 12.4. The van der Waals surface area contributed by atoms with Gasteiger partial charge in [-0.2, -0.15) is 0 Å². The Kier molecular flexibility index (Phi) is 4.73. The Morgan fingerprint density at radius 1 is 1.50 bits per heavy atom. The Morgan fingerprint density at radius 2 is 2.18 bits per heavy atom. The first-order valence-corrected chi connectivity index (χ1v) is 7.34. The number of amides is 1. The Hall–Kier alpha value is -1.27. The number of halogens is 4. The number of nitrogens with one attached hydrogen (secondary N) is 2. The van der Waals surface area contributed by atoms with E-state index in [4.69, 9.17) is 11.6 Å². The van der Waals surface area contributed by atoms with Crippen molar-refractivity contribution in [3.05, 3.63) is 34.6 Å². The van der Waals surface area contributed by atoms with Crippen LogP contribution in [0.15, 0.2) is 18.2 Å². The monoisotopic (exact) mass is 334 g/mol. The van der Waals surface area contributed by atoms with E-state index >= 15 is 0 Å². The molecule has 1 aromatic carbocycles. The van der Waals surface area contributed by atoms with E-state index in [0.717, 1.165) is 0 Å². The molecule has 0 saturated carbocycles. The maximum Gasteiger partial charge on any atom is 0.262 e. The summed E-state index contributed by atoms with van der Waals surface area (Å²) in [5.74, 6) is -3.85. The second-order valence-corrected chi connectivity index (χ2v) is 6.60. The second kappa shape index (κ2) is 6.08. The molecule has 0 aliphatic carbocycles. The minimum atomic E-state index is -2.87. The molecule has 0 aromatic heterocycles. The summed E-state index contributed by atoms with van der Waals surface area (Å²) < 4.78 is 40.1. The van der Waals surface area contributed by atoms with E-state index < -0.39 is 42.1 Å².